The highest BCUT2D eigenvalue weighted by atomic mass is 16.5. The van der Waals surface area contributed by atoms with Gasteiger partial charge in [-0.25, -0.2) is 4.98 Å². The minimum absolute atomic E-state index is 0.726. The Morgan fingerprint density at radius 3 is 2.42 bits per heavy atom. The molecule has 19 heavy (non-hydrogen) atoms. The highest BCUT2D eigenvalue weighted by Crippen LogP contribution is 2.36. The van der Waals surface area contributed by atoms with E-state index < -0.39 is 0 Å². The van der Waals surface area contributed by atoms with Gasteiger partial charge in [-0.15, -0.1) is 0 Å². The van der Waals surface area contributed by atoms with Gasteiger partial charge in [-0.3, -0.25) is 0 Å². The molecule has 0 aliphatic heterocycles. The van der Waals surface area contributed by atoms with Crippen molar-refractivity contribution in [3.05, 3.63) is 42.0 Å². The molecule has 3 aromatic rings. The summed E-state index contributed by atoms with van der Waals surface area (Å²) >= 11 is 0. The molecule has 96 valence electrons. The maximum atomic E-state index is 5.46. The van der Waals surface area contributed by atoms with Crippen molar-refractivity contribution in [3.8, 4) is 11.5 Å². The third-order valence-corrected chi connectivity index (χ3v) is 3.28. The average molecular weight is 253 g/mol. The largest absolute Gasteiger partial charge is 0.493 e. The normalized spacial score (nSPS) is 10.9. The van der Waals surface area contributed by atoms with Crippen molar-refractivity contribution in [1.29, 1.82) is 0 Å². The molecule has 1 aromatic heterocycles. The van der Waals surface area contributed by atoms with Crippen LogP contribution in [-0.4, -0.2) is 19.2 Å². The van der Waals surface area contributed by atoms with Gasteiger partial charge in [-0.2, -0.15) is 0 Å². The van der Waals surface area contributed by atoms with Gasteiger partial charge in [0.15, 0.2) is 11.5 Å². The Morgan fingerprint density at radius 1 is 0.895 bits per heavy atom. The van der Waals surface area contributed by atoms with Gasteiger partial charge >= 0.3 is 0 Å². The van der Waals surface area contributed by atoms with E-state index in [0.717, 1.165) is 33.3 Å². The zero-order chi connectivity index (χ0) is 13.4. The predicted molar refractivity (Wildman–Crippen MR) is 77.1 cm³/mol. The fraction of sp³-hybridized carbons (Fsp3) is 0.188. The van der Waals surface area contributed by atoms with E-state index in [1.807, 2.05) is 18.2 Å². The standard InChI is InChI=1S/C16H15NO2/c1-10-4-5-13-11(8-10)9-12-14(17-13)6-7-15(18-2)16(12)19-3/h4-9H,1-3H3. The van der Waals surface area contributed by atoms with Crippen LogP contribution in [0.2, 0.25) is 0 Å². The molecule has 0 bridgehead atoms. The summed E-state index contributed by atoms with van der Waals surface area (Å²) in [5, 5.41) is 2.08. The Hall–Kier alpha value is -2.29. The lowest BCUT2D eigenvalue weighted by Crippen LogP contribution is -1.93. The average Bonchev–Trinajstić information content (AvgIpc) is 2.43. The molecule has 0 unspecified atom stereocenters. The van der Waals surface area contributed by atoms with Crippen molar-refractivity contribution in [1.82, 2.24) is 4.98 Å². The molecule has 0 N–H and O–H groups in total. The number of nitrogens with zero attached hydrogens (tertiary/aromatic N) is 1. The third kappa shape index (κ3) is 1.87. The van der Waals surface area contributed by atoms with Crippen LogP contribution in [0, 0.1) is 6.92 Å². The number of aryl methyl sites for hydroxylation is 1. The van der Waals surface area contributed by atoms with E-state index in [9.17, 15) is 0 Å². The molecule has 0 fully saturated rings. The van der Waals surface area contributed by atoms with Crippen LogP contribution in [-0.2, 0) is 0 Å². The van der Waals surface area contributed by atoms with Crippen LogP contribution in [0.3, 0.4) is 0 Å². The molecule has 3 rings (SSSR count). The van der Waals surface area contributed by atoms with E-state index in [-0.39, 0.29) is 0 Å². The molecule has 0 aliphatic carbocycles. The van der Waals surface area contributed by atoms with Crippen LogP contribution in [0.4, 0.5) is 0 Å². The lowest BCUT2D eigenvalue weighted by Gasteiger charge is -2.11. The van der Waals surface area contributed by atoms with Crippen LogP contribution in [0.25, 0.3) is 21.8 Å². The Labute approximate surface area is 111 Å². The number of rotatable bonds is 2. The molecule has 0 amide bonds. The third-order valence-electron chi connectivity index (χ3n) is 3.28. The molecule has 0 saturated carbocycles. The molecule has 3 nitrogen and oxygen atoms in total. The van der Waals surface area contributed by atoms with Gasteiger partial charge < -0.3 is 9.47 Å². The number of aromatic nitrogens is 1. The summed E-state index contributed by atoms with van der Waals surface area (Å²) in [6.07, 6.45) is 0. The van der Waals surface area contributed by atoms with Gasteiger partial charge in [0.05, 0.1) is 25.3 Å². The fourth-order valence-corrected chi connectivity index (χ4v) is 2.35. The molecule has 0 spiro atoms. The van der Waals surface area contributed by atoms with Crippen molar-refractivity contribution in [2.24, 2.45) is 0 Å². The second-order valence-electron chi connectivity index (χ2n) is 4.55. The molecular weight excluding hydrogens is 238 g/mol. The number of methoxy groups -OCH3 is 2. The Bertz CT molecular complexity index is 765. The van der Waals surface area contributed by atoms with E-state index in [0.29, 0.717) is 0 Å². The maximum Gasteiger partial charge on any atom is 0.170 e. The van der Waals surface area contributed by atoms with Crippen molar-refractivity contribution in [2.45, 2.75) is 6.92 Å². The first kappa shape index (κ1) is 11.8. The van der Waals surface area contributed by atoms with Gasteiger partial charge in [0.1, 0.15) is 0 Å². The molecule has 0 aliphatic rings. The maximum absolute atomic E-state index is 5.46. The zero-order valence-corrected chi connectivity index (χ0v) is 11.2. The van der Waals surface area contributed by atoms with Gasteiger partial charge in [-0.1, -0.05) is 11.6 Å². The summed E-state index contributed by atoms with van der Waals surface area (Å²) in [5.74, 6) is 1.46. The van der Waals surface area contributed by atoms with Crippen LogP contribution in [0.5, 0.6) is 11.5 Å². The van der Waals surface area contributed by atoms with Gasteiger partial charge in [0, 0.05) is 10.8 Å². The van der Waals surface area contributed by atoms with Gasteiger partial charge in [-0.05, 0) is 37.3 Å². The summed E-state index contributed by atoms with van der Waals surface area (Å²) in [5.41, 5.74) is 3.12. The highest BCUT2D eigenvalue weighted by molar-refractivity contribution is 5.97. The first-order valence-corrected chi connectivity index (χ1v) is 6.15. The summed E-state index contributed by atoms with van der Waals surface area (Å²) in [4.78, 5) is 4.67. The van der Waals surface area contributed by atoms with Gasteiger partial charge in [0.25, 0.3) is 0 Å². The molecule has 1 heterocycles. The molecule has 3 heteroatoms. The molecule has 0 radical (unpaired) electrons. The number of hydrogen-bond donors (Lipinski definition) is 0. The molecule has 2 aromatic carbocycles. The van der Waals surface area contributed by atoms with Crippen LogP contribution in [0.15, 0.2) is 36.4 Å². The van der Waals surface area contributed by atoms with E-state index >= 15 is 0 Å². The van der Waals surface area contributed by atoms with E-state index in [4.69, 9.17) is 9.47 Å². The minimum atomic E-state index is 0.726. The number of fused-ring (bicyclic) bond motifs is 2. The summed E-state index contributed by atoms with van der Waals surface area (Å²) in [6.45, 7) is 2.08. The quantitative estimate of drug-likeness (QED) is 0.652. The van der Waals surface area contributed by atoms with Crippen LogP contribution in [0.1, 0.15) is 5.56 Å². The lowest BCUT2D eigenvalue weighted by atomic mass is 10.1. The summed E-state index contributed by atoms with van der Waals surface area (Å²) < 4.78 is 10.8. The summed E-state index contributed by atoms with van der Waals surface area (Å²) in [6, 6.07) is 12.2. The SMILES string of the molecule is COc1ccc2nc3ccc(C)cc3cc2c1OC. The van der Waals surface area contributed by atoms with Gasteiger partial charge in [0.2, 0.25) is 0 Å². The van der Waals surface area contributed by atoms with E-state index in [2.05, 4.69) is 30.1 Å². The zero-order valence-electron chi connectivity index (χ0n) is 11.2. The predicted octanol–water partition coefficient (Wildman–Crippen LogP) is 3.71. The monoisotopic (exact) mass is 253 g/mol. The topological polar surface area (TPSA) is 31.4 Å². The molecule has 0 atom stereocenters. The number of hydrogen-bond acceptors (Lipinski definition) is 3. The van der Waals surface area contributed by atoms with Crippen molar-refractivity contribution in [2.75, 3.05) is 14.2 Å². The fourth-order valence-electron chi connectivity index (χ4n) is 2.35. The Morgan fingerprint density at radius 2 is 1.68 bits per heavy atom. The number of ether oxygens (including phenoxy) is 2. The first-order valence-electron chi connectivity index (χ1n) is 6.15. The second kappa shape index (κ2) is 4.43. The number of benzene rings is 2. The van der Waals surface area contributed by atoms with E-state index in [1.54, 1.807) is 14.2 Å². The molecule has 0 saturated heterocycles. The smallest absolute Gasteiger partial charge is 0.170 e. The van der Waals surface area contributed by atoms with Crippen LogP contribution < -0.4 is 9.47 Å². The second-order valence-corrected chi connectivity index (χ2v) is 4.55. The summed E-state index contributed by atoms with van der Waals surface area (Å²) in [7, 11) is 3.29. The Kier molecular flexibility index (Phi) is 2.75. The highest BCUT2D eigenvalue weighted by Gasteiger charge is 2.10. The lowest BCUT2D eigenvalue weighted by molar-refractivity contribution is 0.358. The van der Waals surface area contributed by atoms with Crippen molar-refractivity contribution < 1.29 is 9.47 Å². The van der Waals surface area contributed by atoms with Crippen molar-refractivity contribution in [3.63, 3.8) is 0 Å². The van der Waals surface area contributed by atoms with Crippen molar-refractivity contribution >= 4 is 21.8 Å². The van der Waals surface area contributed by atoms with Crippen LogP contribution >= 0.6 is 0 Å². The first-order chi connectivity index (χ1) is 9.22. The minimum Gasteiger partial charge on any atom is -0.493 e. The Balaban J connectivity index is 2.41. The number of pyridine rings is 1. The van der Waals surface area contributed by atoms with E-state index in [1.165, 1.54) is 5.56 Å². The molecular formula is C16H15NO2.